The Bertz CT molecular complexity index is 607. The van der Waals surface area contributed by atoms with Gasteiger partial charge in [-0.1, -0.05) is 53.5 Å². The molecule has 0 fully saturated rings. The van der Waals surface area contributed by atoms with Crippen LogP contribution in [0.5, 0.6) is 0 Å². The first-order chi connectivity index (χ1) is 9.99. The summed E-state index contributed by atoms with van der Waals surface area (Å²) in [4.78, 5) is 0. The highest BCUT2D eigenvalue weighted by molar-refractivity contribution is 6.35. The number of rotatable bonds is 5. The van der Waals surface area contributed by atoms with Crippen molar-refractivity contribution in [2.24, 2.45) is 0 Å². The maximum atomic E-state index is 13.5. The van der Waals surface area contributed by atoms with Crippen LogP contribution in [0, 0.1) is 5.82 Å². The lowest BCUT2D eigenvalue weighted by atomic mass is 10.1. The Morgan fingerprint density at radius 3 is 2.48 bits per heavy atom. The molecule has 0 spiro atoms. The normalized spacial score (nSPS) is 14.0. The highest BCUT2D eigenvalue weighted by Gasteiger charge is 2.15. The molecule has 2 rings (SSSR count). The van der Waals surface area contributed by atoms with Crippen molar-refractivity contribution < 1.29 is 9.50 Å². The highest BCUT2D eigenvalue weighted by atomic mass is 35.5. The van der Waals surface area contributed by atoms with Gasteiger partial charge in [-0.3, -0.25) is 0 Å². The van der Waals surface area contributed by atoms with Gasteiger partial charge in [-0.05, 0) is 30.2 Å². The monoisotopic (exact) mass is 327 g/mol. The van der Waals surface area contributed by atoms with Crippen molar-refractivity contribution >= 4 is 23.2 Å². The second-order valence-corrected chi connectivity index (χ2v) is 5.66. The Hall–Kier alpha value is -1.13. The minimum atomic E-state index is -0.635. The van der Waals surface area contributed by atoms with Gasteiger partial charge in [0.1, 0.15) is 5.82 Å². The molecule has 0 bridgehead atoms. The fraction of sp³-hybridized carbons (Fsp3) is 0.250. The van der Waals surface area contributed by atoms with Gasteiger partial charge in [0.05, 0.1) is 11.1 Å². The van der Waals surface area contributed by atoms with Crippen molar-refractivity contribution in [1.82, 2.24) is 5.32 Å². The lowest BCUT2D eigenvalue weighted by Crippen LogP contribution is -2.25. The van der Waals surface area contributed by atoms with Crippen LogP contribution in [0.4, 0.5) is 4.39 Å². The van der Waals surface area contributed by atoms with Gasteiger partial charge in [0.2, 0.25) is 0 Å². The largest absolute Gasteiger partial charge is 0.387 e. The Kier molecular flexibility index (Phi) is 5.59. The smallest absolute Gasteiger partial charge is 0.142 e. The van der Waals surface area contributed by atoms with E-state index in [1.807, 2.05) is 37.3 Å². The molecule has 0 heterocycles. The number of aliphatic hydroxyl groups is 1. The third-order valence-electron chi connectivity index (χ3n) is 3.31. The molecule has 112 valence electrons. The van der Waals surface area contributed by atoms with Crippen molar-refractivity contribution in [3.63, 3.8) is 0 Å². The van der Waals surface area contributed by atoms with Gasteiger partial charge in [-0.15, -0.1) is 0 Å². The van der Waals surface area contributed by atoms with E-state index in [0.29, 0.717) is 17.1 Å². The molecule has 0 saturated heterocycles. The molecule has 0 amide bonds. The van der Waals surface area contributed by atoms with Gasteiger partial charge >= 0.3 is 0 Å². The molecule has 2 aromatic carbocycles. The molecule has 0 aliphatic carbocycles. The molecule has 2 N–H and O–H groups in total. The maximum Gasteiger partial charge on any atom is 0.142 e. The second-order valence-electron chi connectivity index (χ2n) is 4.84. The first-order valence-electron chi connectivity index (χ1n) is 6.60. The lowest BCUT2D eigenvalue weighted by molar-refractivity contribution is 0.171. The Morgan fingerprint density at radius 1 is 1.14 bits per heavy atom. The fourth-order valence-corrected chi connectivity index (χ4v) is 2.61. The molecule has 5 heteroatoms. The fourth-order valence-electron chi connectivity index (χ4n) is 2.06. The van der Waals surface area contributed by atoms with Crippen LogP contribution >= 0.6 is 23.2 Å². The predicted molar refractivity (Wildman–Crippen MR) is 84.2 cm³/mol. The molecule has 2 atom stereocenters. The van der Waals surface area contributed by atoms with Crippen LogP contribution in [0.15, 0.2) is 42.5 Å². The second kappa shape index (κ2) is 7.23. The van der Waals surface area contributed by atoms with E-state index in [2.05, 4.69) is 5.32 Å². The zero-order valence-electron chi connectivity index (χ0n) is 11.5. The SMILES string of the molecule is CC(NCC(O)c1ccccc1)c1cc(F)c(Cl)cc1Cl. The van der Waals surface area contributed by atoms with Crippen molar-refractivity contribution in [2.45, 2.75) is 19.1 Å². The Balaban J connectivity index is 2.02. The number of aliphatic hydroxyl groups excluding tert-OH is 1. The van der Waals surface area contributed by atoms with Crippen molar-refractivity contribution in [3.05, 3.63) is 69.5 Å². The minimum absolute atomic E-state index is 0.000250. The van der Waals surface area contributed by atoms with E-state index >= 15 is 0 Å². The number of nitrogens with one attached hydrogen (secondary N) is 1. The molecule has 21 heavy (non-hydrogen) atoms. The van der Waals surface area contributed by atoms with Crippen molar-refractivity contribution in [3.8, 4) is 0 Å². The van der Waals surface area contributed by atoms with Crippen LogP contribution in [-0.4, -0.2) is 11.7 Å². The van der Waals surface area contributed by atoms with Gasteiger partial charge in [0.25, 0.3) is 0 Å². The minimum Gasteiger partial charge on any atom is -0.387 e. The van der Waals surface area contributed by atoms with E-state index in [1.165, 1.54) is 12.1 Å². The average molecular weight is 328 g/mol. The van der Waals surface area contributed by atoms with Gasteiger partial charge < -0.3 is 10.4 Å². The quantitative estimate of drug-likeness (QED) is 0.791. The summed E-state index contributed by atoms with van der Waals surface area (Å²) >= 11 is 11.8. The number of hydrogen-bond acceptors (Lipinski definition) is 2. The Labute approximate surface area is 133 Å². The van der Waals surface area contributed by atoms with Crippen molar-refractivity contribution in [2.75, 3.05) is 6.54 Å². The van der Waals surface area contributed by atoms with E-state index in [1.54, 1.807) is 0 Å². The zero-order chi connectivity index (χ0) is 15.4. The lowest BCUT2D eigenvalue weighted by Gasteiger charge is -2.19. The number of benzene rings is 2. The first-order valence-corrected chi connectivity index (χ1v) is 7.35. The van der Waals surface area contributed by atoms with E-state index in [-0.39, 0.29) is 11.1 Å². The van der Waals surface area contributed by atoms with Crippen LogP contribution in [0.25, 0.3) is 0 Å². The summed E-state index contributed by atoms with van der Waals surface area (Å²) < 4.78 is 13.5. The van der Waals surface area contributed by atoms with Crippen LogP contribution in [-0.2, 0) is 0 Å². The summed E-state index contributed by atoms with van der Waals surface area (Å²) in [5, 5.41) is 13.6. The Morgan fingerprint density at radius 2 is 1.81 bits per heavy atom. The molecule has 0 radical (unpaired) electrons. The van der Waals surface area contributed by atoms with E-state index < -0.39 is 11.9 Å². The molecule has 2 unspecified atom stereocenters. The van der Waals surface area contributed by atoms with Crippen LogP contribution in [0.1, 0.15) is 30.2 Å². The summed E-state index contributed by atoms with van der Waals surface area (Å²) in [7, 11) is 0. The third-order valence-corrected chi connectivity index (χ3v) is 3.92. The van der Waals surface area contributed by atoms with Crippen LogP contribution in [0.2, 0.25) is 10.0 Å². The van der Waals surface area contributed by atoms with Crippen molar-refractivity contribution in [1.29, 1.82) is 0 Å². The summed E-state index contributed by atoms with van der Waals surface area (Å²) in [5.41, 5.74) is 1.43. The van der Waals surface area contributed by atoms with E-state index in [9.17, 15) is 9.50 Å². The molecule has 2 nitrogen and oxygen atoms in total. The summed E-state index contributed by atoms with van der Waals surface area (Å²) in [6.07, 6.45) is -0.635. The molecule has 0 aliphatic heterocycles. The maximum absolute atomic E-state index is 13.5. The zero-order valence-corrected chi connectivity index (χ0v) is 13.0. The van der Waals surface area contributed by atoms with Crippen LogP contribution < -0.4 is 5.32 Å². The molecular formula is C16H16Cl2FNO. The molecule has 0 aliphatic rings. The van der Waals surface area contributed by atoms with Gasteiger partial charge in [0, 0.05) is 17.6 Å². The standard InChI is InChI=1S/C16H16Cl2FNO/c1-10(12-7-15(19)14(18)8-13(12)17)20-9-16(21)11-5-3-2-4-6-11/h2-8,10,16,20-21H,9H2,1H3. The van der Waals surface area contributed by atoms with Gasteiger partial charge in [-0.2, -0.15) is 0 Å². The molecule has 0 aromatic heterocycles. The summed E-state index contributed by atoms with van der Waals surface area (Å²) in [6, 6.07) is 11.8. The highest BCUT2D eigenvalue weighted by Crippen LogP contribution is 2.28. The molecular weight excluding hydrogens is 312 g/mol. The third kappa shape index (κ3) is 4.17. The van der Waals surface area contributed by atoms with Gasteiger partial charge in [0.15, 0.2) is 0 Å². The average Bonchev–Trinajstić information content (AvgIpc) is 2.49. The number of halogens is 3. The number of hydrogen-bond donors (Lipinski definition) is 2. The van der Waals surface area contributed by atoms with E-state index in [0.717, 1.165) is 5.56 Å². The van der Waals surface area contributed by atoms with Gasteiger partial charge in [-0.25, -0.2) is 4.39 Å². The first kappa shape index (κ1) is 16.2. The topological polar surface area (TPSA) is 32.3 Å². The molecule has 2 aromatic rings. The molecule has 0 saturated carbocycles. The predicted octanol–water partition coefficient (Wildman–Crippen LogP) is 4.52. The van der Waals surface area contributed by atoms with E-state index in [4.69, 9.17) is 23.2 Å². The summed E-state index contributed by atoms with van der Waals surface area (Å²) in [6.45, 7) is 2.19. The summed E-state index contributed by atoms with van der Waals surface area (Å²) in [5.74, 6) is -0.506. The van der Waals surface area contributed by atoms with Crippen LogP contribution in [0.3, 0.4) is 0 Å².